The summed E-state index contributed by atoms with van der Waals surface area (Å²) in [6.45, 7) is 0. The summed E-state index contributed by atoms with van der Waals surface area (Å²) in [5, 5.41) is 3.63. The largest absolute Gasteiger partial charge is 0.326 e. The predicted octanol–water partition coefficient (Wildman–Crippen LogP) is 3.99. The molecule has 0 spiro atoms. The average molecular weight is 308 g/mol. The van der Waals surface area contributed by atoms with E-state index in [1.165, 1.54) is 0 Å². The third kappa shape index (κ3) is 3.83. The molecular formula is C15H11Cl2NO2. The van der Waals surface area contributed by atoms with E-state index in [0.717, 1.165) is 11.8 Å². The average Bonchev–Trinajstić information content (AvgIpc) is 2.44. The summed E-state index contributed by atoms with van der Waals surface area (Å²) in [6.07, 6.45) is 0.952. The van der Waals surface area contributed by atoms with Crippen LogP contribution in [0.3, 0.4) is 0 Å². The van der Waals surface area contributed by atoms with Crippen molar-refractivity contribution in [2.45, 2.75) is 6.42 Å². The van der Waals surface area contributed by atoms with Gasteiger partial charge >= 0.3 is 0 Å². The lowest BCUT2D eigenvalue weighted by atomic mass is 10.1. The van der Waals surface area contributed by atoms with Gasteiger partial charge in [-0.15, -0.1) is 0 Å². The zero-order chi connectivity index (χ0) is 14.5. The van der Waals surface area contributed by atoms with Crippen LogP contribution in [0.4, 0.5) is 5.69 Å². The lowest BCUT2D eigenvalue weighted by molar-refractivity contribution is -0.115. The van der Waals surface area contributed by atoms with Crippen LogP contribution in [-0.4, -0.2) is 12.2 Å². The molecule has 1 N–H and O–H groups in total. The van der Waals surface area contributed by atoms with Crippen LogP contribution in [0.1, 0.15) is 15.9 Å². The maximum Gasteiger partial charge on any atom is 0.228 e. The van der Waals surface area contributed by atoms with Crippen LogP contribution in [-0.2, 0) is 11.2 Å². The summed E-state index contributed by atoms with van der Waals surface area (Å²) in [5.74, 6) is -0.165. The van der Waals surface area contributed by atoms with Crippen molar-refractivity contribution in [3.63, 3.8) is 0 Å². The minimum Gasteiger partial charge on any atom is -0.326 e. The molecule has 0 bridgehead atoms. The van der Waals surface area contributed by atoms with Gasteiger partial charge in [-0.2, -0.15) is 0 Å². The molecule has 5 heteroatoms. The fourth-order valence-electron chi connectivity index (χ4n) is 1.69. The van der Waals surface area contributed by atoms with Crippen LogP contribution < -0.4 is 5.32 Å². The molecule has 102 valence electrons. The van der Waals surface area contributed by atoms with Gasteiger partial charge in [-0.3, -0.25) is 9.59 Å². The maximum absolute atomic E-state index is 11.9. The smallest absolute Gasteiger partial charge is 0.228 e. The van der Waals surface area contributed by atoms with Gasteiger partial charge in [-0.25, -0.2) is 0 Å². The Bertz CT molecular complexity index is 639. The highest BCUT2D eigenvalue weighted by molar-refractivity contribution is 6.42. The molecule has 0 aliphatic rings. The molecule has 0 heterocycles. The zero-order valence-corrected chi connectivity index (χ0v) is 11.9. The van der Waals surface area contributed by atoms with E-state index in [1.54, 1.807) is 42.5 Å². The third-order valence-electron chi connectivity index (χ3n) is 2.68. The van der Waals surface area contributed by atoms with Crippen molar-refractivity contribution in [1.82, 2.24) is 0 Å². The van der Waals surface area contributed by atoms with Crippen molar-refractivity contribution in [1.29, 1.82) is 0 Å². The van der Waals surface area contributed by atoms with Gasteiger partial charge in [0.05, 0.1) is 16.5 Å². The first-order valence-electron chi connectivity index (χ1n) is 5.87. The number of amides is 1. The number of carbonyl (C=O) groups excluding carboxylic acids is 2. The van der Waals surface area contributed by atoms with Gasteiger partial charge < -0.3 is 5.32 Å². The second kappa shape index (κ2) is 6.55. The highest BCUT2D eigenvalue weighted by atomic mass is 35.5. The molecule has 0 aromatic heterocycles. The highest BCUT2D eigenvalue weighted by Crippen LogP contribution is 2.23. The minimum absolute atomic E-state index is 0.165. The molecule has 0 atom stereocenters. The van der Waals surface area contributed by atoms with Crippen LogP contribution >= 0.6 is 23.2 Å². The Balaban J connectivity index is 2.00. The van der Waals surface area contributed by atoms with Crippen LogP contribution in [0.5, 0.6) is 0 Å². The molecule has 0 unspecified atom stereocenters. The number of aldehydes is 1. The first-order valence-corrected chi connectivity index (χ1v) is 6.63. The van der Waals surface area contributed by atoms with Gasteiger partial charge in [0.25, 0.3) is 0 Å². The van der Waals surface area contributed by atoms with E-state index in [9.17, 15) is 9.59 Å². The summed E-state index contributed by atoms with van der Waals surface area (Å²) in [5.41, 5.74) is 1.98. The molecule has 0 aliphatic heterocycles. The fraction of sp³-hybridized carbons (Fsp3) is 0.0667. The maximum atomic E-state index is 11.9. The molecule has 2 rings (SSSR count). The van der Waals surface area contributed by atoms with Crippen LogP contribution in [0.15, 0.2) is 42.5 Å². The number of carbonyl (C=O) groups is 2. The van der Waals surface area contributed by atoms with Gasteiger partial charge in [0, 0.05) is 11.3 Å². The topological polar surface area (TPSA) is 46.2 Å². The lowest BCUT2D eigenvalue weighted by Crippen LogP contribution is -2.14. The van der Waals surface area contributed by atoms with Crippen molar-refractivity contribution < 1.29 is 9.59 Å². The van der Waals surface area contributed by atoms with Crippen LogP contribution in [0.2, 0.25) is 10.0 Å². The number of rotatable bonds is 4. The van der Waals surface area contributed by atoms with Gasteiger partial charge in [0.15, 0.2) is 0 Å². The van der Waals surface area contributed by atoms with E-state index in [-0.39, 0.29) is 12.3 Å². The highest BCUT2D eigenvalue weighted by Gasteiger charge is 2.06. The van der Waals surface area contributed by atoms with Crippen molar-refractivity contribution >= 4 is 41.1 Å². The zero-order valence-electron chi connectivity index (χ0n) is 10.4. The molecule has 3 nitrogen and oxygen atoms in total. The first-order chi connectivity index (χ1) is 9.58. The molecule has 0 saturated carbocycles. The van der Waals surface area contributed by atoms with Gasteiger partial charge in [0.2, 0.25) is 5.91 Å². The fourth-order valence-corrected chi connectivity index (χ4v) is 2.01. The lowest BCUT2D eigenvalue weighted by Gasteiger charge is -2.06. The third-order valence-corrected chi connectivity index (χ3v) is 3.42. The molecule has 20 heavy (non-hydrogen) atoms. The molecule has 0 saturated heterocycles. The molecular weight excluding hydrogens is 297 g/mol. The van der Waals surface area contributed by atoms with E-state index in [2.05, 4.69) is 5.32 Å². The van der Waals surface area contributed by atoms with Gasteiger partial charge in [-0.1, -0.05) is 29.3 Å². The quantitative estimate of drug-likeness (QED) is 0.868. The van der Waals surface area contributed by atoms with Crippen molar-refractivity contribution in [2.75, 3.05) is 5.32 Å². The second-order valence-electron chi connectivity index (χ2n) is 4.21. The van der Waals surface area contributed by atoms with Crippen LogP contribution in [0.25, 0.3) is 0 Å². The summed E-state index contributed by atoms with van der Waals surface area (Å²) in [4.78, 5) is 22.4. The molecule has 0 aliphatic carbocycles. The normalized spacial score (nSPS) is 10.1. The Morgan fingerprint density at radius 2 is 1.75 bits per heavy atom. The number of hydrogen-bond acceptors (Lipinski definition) is 2. The number of hydrogen-bond donors (Lipinski definition) is 1. The predicted molar refractivity (Wildman–Crippen MR) is 80.6 cm³/mol. The molecule has 0 fully saturated rings. The second-order valence-corrected chi connectivity index (χ2v) is 5.03. The van der Waals surface area contributed by atoms with Crippen molar-refractivity contribution in [3.8, 4) is 0 Å². The SMILES string of the molecule is O=Cc1ccc(NC(=O)Cc2ccc(Cl)c(Cl)c2)cc1. The van der Waals surface area contributed by atoms with E-state index < -0.39 is 0 Å². The minimum atomic E-state index is -0.165. The van der Waals surface area contributed by atoms with E-state index in [4.69, 9.17) is 23.2 Å². The molecule has 2 aromatic carbocycles. The van der Waals surface area contributed by atoms with E-state index in [0.29, 0.717) is 21.3 Å². The number of halogens is 2. The monoisotopic (exact) mass is 307 g/mol. The van der Waals surface area contributed by atoms with E-state index in [1.807, 2.05) is 0 Å². The Morgan fingerprint density at radius 3 is 2.35 bits per heavy atom. The number of benzene rings is 2. The summed E-state index contributed by atoms with van der Waals surface area (Å²) in [7, 11) is 0. The Kier molecular flexibility index (Phi) is 4.77. The van der Waals surface area contributed by atoms with Gasteiger partial charge in [-0.05, 0) is 42.0 Å². The molecule has 2 aromatic rings. The molecule has 1 amide bonds. The van der Waals surface area contributed by atoms with Crippen molar-refractivity contribution in [3.05, 3.63) is 63.6 Å². The first kappa shape index (κ1) is 14.6. The number of nitrogens with one attached hydrogen (secondary N) is 1. The Labute approximate surface area is 126 Å². The summed E-state index contributed by atoms with van der Waals surface area (Å²) >= 11 is 11.7. The van der Waals surface area contributed by atoms with Crippen molar-refractivity contribution in [2.24, 2.45) is 0 Å². The standard InChI is InChI=1S/C15H11Cl2NO2/c16-13-6-3-11(7-14(13)17)8-15(20)18-12-4-1-10(9-19)2-5-12/h1-7,9H,8H2,(H,18,20). The van der Waals surface area contributed by atoms with Crippen LogP contribution in [0, 0.1) is 0 Å². The number of anilines is 1. The summed E-state index contributed by atoms with van der Waals surface area (Å²) < 4.78 is 0. The Hall–Kier alpha value is -1.84. The molecule has 0 radical (unpaired) electrons. The van der Waals surface area contributed by atoms with E-state index >= 15 is 0 Å². The Morgan fingerprint density at radius 1 is 1.05 bits per heavy atom. The van der Waals surface area contributed by atoms with Gasteiger partial charge in [0.1, 0.15) is 6.29 Å². The summed E-state index contributed by atoms with van der Waals surface area (Å²) in [6, 6.07) is 11.7.